The van der Waals surface area contributed by atoms with Gasteiger partial charge in [0.2, 0.25) is 5.91 Å². The number of non-ortho nitro benzene ring substituents is 1. The van der Waals surface area contributed by atoms with Gasteiger partial charge in [0.1, 0.15) is 0 Å². The molecule has 138 valence electrons. The van der Waals surface area contributed by atoms with E-state index < -0.39 is 4.92 Å². The normalized spacial score (nSPS) is 31.5. The third-order valence-corrected chi connectivity index (χ3v) is 6.62. The summed E-state index contributed by atoms with van der Waals surface area (Å²) in [5, 5.41) is 17.0. The molecule has 0 saturated heterocycles. The molecule has 1 aromatic carbocycles. The summed E-state index contributed by atoms with van der Waals surface area (Å²) >= 11 is 5.33. The van der Waals surface area contributed by atoms with Crippen molar-refractivity contribution in [1.29, 1.82) is 0 Å². The Labute approximate surface area is 157 Å². The largest absolute Gasteiger partial charge is 0.332 e. The van der Waals surface area contributed by atoms with E-state index in [0.717, 1.165) is 19.3 Å². The van der Waals surface area contributed by atoms with E-state index in [1.807, 2.05) is 0 Å². The maximum atomic E-state index is 13.0. The van der Waals surface area contributed by atoms with Crippen LogP contribution >= 0.6 is 12.2 Å². The van der Waals surface area contributed by atoms with Crippen LogP contribution < -0.4 is 10.6 Å². The van der Waals surface area contributed by atoms with Gasteiger partial charge >= 0.3 is 0 Å². The number of hydrogen-bond donors (Lipinski definition) is 2. The summed E-state index contributed by atoms with van der Waals surface area (Å²) in [6.45, 7) is 1.78. The Balaban J connectivity index is 1.42. The van der Waals surface area contributed by atoms with Gasteiger partial charge in [-0.1, -0.05) is 0 Å². The first-order chi connectivity index (χ1) is 12.3. The lowest BCUT2D eigenvalue weighted by Crippen LogP contribution is -2.55. The molecule has 1 aromatic rings. The molecule has 26 heavy (non-hydrogen) atoms. The van der Waals surface area contributed by atoms with Gasteiger partial charge in [0, 0.05) is 17.8 Å². The fraction of sp³-hybridized carbons (Fsp3) is 0.579. The number of rotatable bonds is 3. The molecule has 4 aliphatic rings. The molecule has 0 aliphatic heterocycles. The molecule has 0 unspecified atom stereocenters. The highest BCUT2D eigenvalue weighted by Crippen LogP contribution is 2.60. The second kappa shape index (κ2) is 6.30. The summed E-state index contributed by atoms with van der Waals surface area (Å²) in [4.78, 5) is 23.4. The van der Waals surface area contributed by atoms with Crippen LogP contribution in [0.1, 0.15) is 44.1 Å². The van der Waals surface area contributed by atoms with Gasteiger partial charge in [-0.15, -0.1) is 0 Å². The number of thiocarbonyl (C=S) groups is 1. The maximum Gasteiger partial charge on any atom is 0.269 e. The van der Waals surface area contributed by atoms with E-state index >= 15 is 0 Å². The number of benzene rings is 1. The van der Waals surface area contributed by atoms with E-state index in [2.05, 4.69) is 10.6 Å². The smallest absolute Gasteiger partial charge is 0.269 e. The number of amides is 1. The fourth-order valence-electron chi connectivity index (χ4n) is 5.68. The summed E-state index contributed by atoms with van der Waals surface area (Å²) < 4.78 is 0. The Morgan fingerprint density at radius 2 is 1.77 bits per heavy atom. The predicted molar refractivity (Wildman–Crippen MR) is 103 cm³/mol. The second-order valence-corrected chi connectivity index (χ2v) is 8.77. The van der Waals surface area contributed by atoms with Gasteiger partial charge in [0.15, 0.2) is 5.11 Å². The lowest BCUT2D eigenvalue weighted by Gasteiger charge is -2.55. The van der Waals surface area contributed by atoms with Crippen LogP contribution in [-0.4, -0.2) is 15.9 Å². The Kier molecular flexibility index (Phi) is 4.22. The average Bonchev–Trinajstić information content (AvgIpc) is 2.55. The SMILES string of the molecule is Cc1cc([N+](=O)[O-])ccc1NC(=S)NC(=O)C12CC3CC(CC(C3)C1)C2. The highest BCUT2D eigenvalue weighted by Gasteiger charge is 2.54. The van der Waals surface area contributed by atoms with Crippen molar-refractivity contribution in [2.45, 2.75) is 45.4 Å². The van der Waals surface area contributed by atoms with Crippen molar-refractivity contribution in [2.24, 2.45) is 23.2 Å². The molecule has 4 fully saturated rings. The zero-order valence-electron chi connectivity index (χ0n) is 14.8. The van der Waals surface area contributed by atoms with E-state index in [9.17, 15) is 14.9 Å². The minimum atomic E-state index is -0.427. The number of carbonyl (C=O) groups is 1. The van der Waals surface area contributed by atoms with Crippen molar-refractivity contribution in [1.82, 2.24) is 5.32 Å². The van der Waals surface area contributed by atoms with Gasteiger partial charge < -0.3 is 10.6 Å². The molecular weight excluding hydrogens is 350 g/mol. The number of nitro groups is 1. The Morgan fingerprint density at radius 3 is 2.27 bits per heavy atom. The summed E-state index contributed by atoms with van der Waals surface area (Å²) in [6, 6.07) is 4.54. The second-order valence-electron chi connectivity index (χ2n) is 8.36. The van der Waals surface area contributed by atoms with Crippen molar-refractivity contribution in [3.05, 3.63) is 33.9 Å². The van der Waals surface area contributed by atoms with Gasteiger partial charge in [0.05, 0.1) is 10.3 Å². The number of nitro benzene ring substituents is 1. The molecule has 6 nitrogen and oxygen atoms in total. The summed E-state index contributed by atoms with van der Waals surface area (Å²) in [5.74, 6) is 2.15. The quantitative estimate of drug-likeness (QED) is 0.476. The van der Waals surface area contributed by atoms with E-state index in [1.165, 1.54) is 31.4 Å². The highest BCUT2D eigenvalue weighted by molar-refractivity contribution is 7.80. The number of nitrogens with zero attached hydrogens (tertiary/aromatic N) is 1. The standard InChI is InChI=1S/C19H23N3O3S/c1-11-4-15(22(24)25)2-3-16(11)20-18(26)21-17(23)19-8-12-5-13(9-19)7-14(6-12)10-19/h2-4,12-14H,5-10H2,1H3,(H2,20,21,23,26). The molecule has 7 heteroatoms. The van der Waals surface area contributed by atoms with Gasteiger partial charge in [-0.3, -0.25) is 14.9 Å². The van der Waals surface area contributed by atoms with Crippen LogP contribution in [0.15, 0.2) is 18.2 Å². The van der Waals surface area contributed by atoms with Crippen LogP contribution in [0.25, 0.3) is 0 Å². The molecule has 1 amide bonds. The maximum absolute atomic E-state index is 13.0. The highest BCUT2D eigenvalue weighted by atomic mass is 32.1. The zero-order valence-corrected chi connectivity index (χ0v) is 15.6. The van der Waals surface area contributed by atoms with E-state index in [4.69, 9.17) is 12.2 Å². The van der Waals surface area contributed by atoms with Gasteiger partial charge in [-0.05, 0) is 87.1 Å². The minimum Gasteiger partial charge on any atom is -0.332 e. The van der Waals surface area contributed by atoms with Crippen LogP contribution in [0.3, 0.4) is 0 Å². The van der Waals surface area contributed by atoms with Crippen molar-refractivity contribution in [3.8, 4) is 0 Å². The number of carbonyl (C=O) groups excluding carboxylic acids is 1. The van der Waals surface area contributed by atoms with Crippen molar-refractivity contribution in [2.75, 3.05) is 5.32 Å². The van der Waals surface area contributed by atoms with Crippen LogP contribution in [0, 0.1) is 40.2 Å². The van der Waals surface area contributed by atoms with Crippen LogP contribution in [-0.2, 0) is 4.79 Å². The first-order valence-electron chi connectivity index (χ1n) is 9.22. The van der Waals surface area contributed by atoms with Crippen molar-refractivity contribution in [3.63, 3.8) is 0 Å². The first kappa shape index (κ1) is 17.4. The van der Waals surface area contributed by atoms with Crippen LogP contribution in [0.5, 0.6) is 0 Å². The predicted octanol–water partition coefficient (Wildman–Crippen LogP) is 3.93. The van der Waals surface area contributed by atoms with Gasteiger partial charge in [-0.25, -0.2) is 0 Å². The molecule has 0 atom stereocenters. The third kappa shape index (κ3) is 3.09. The lowest BCUT2D eigenvalue weighted by atomic mass is 9.49. The third-order valence-electron chi connectivity index (χ3n) is 6.42. The van der Waals surface area contributed by atoms with Gasteiger partial charge in [0.25, 0.3) is 5.69 Å². The van der Waals surface area contributed by atoms with Crippen LogP contribution in [0.2, 0.25) is 0 Å². The number of hydrogen-bond acceptors (Lipinski definition) is 4. The summed E-state index contributed by atoms with van der Waals surface area (Å²) in [5.41, 5.74) is 1.18. The average molecular weight is 373 g/mol. The number of nitrogens with one attached hydrogen (secondary N) is 2. The molecule has 5 rings (SSSR count). The molecule has 2 N–H and O–H groups in total. The molecule has 4 bridgehead atoms. The summed E-state index contributed by atoms with van der Waals surface area (Å²) in [7, 11) is 0. The fourth-order valence-corrected chi connectivity index (χ4v) is 5.88. The Morgan fingerprint density at radius 1 is 1.19 bits per heavy atom. The van der Waals surface area contributed by atoms with Crippen LogP contribution in [0.4, 0.5) is 11.4 Å². The number of anilines is 1. The van der Waals surface area contributed by atoms with E-state index in [-0.39, 0.29) is 22.1 Å². The topological polar surface area (TPSA) is 84.3 Å². The molecule has 4 saturated carbocycles. The van der Waals surface area contributed by atoms with Crippen molar-refractivity contribution < 1.29 is 9.72 Å². The van der Waals surface area contributed by atoms with Gasteiger partial charge in [-0.2, -0.15) is 0 Å². The molecular formula is C19H23N3O3S. The Hall–Kier alpha value is -2.02. The monoisotopic (exact) mass is 373 g/mol. The molecule has 4 aliphatic carbocycles. The molecule has 0 spiro atoms. The van der Waals surface area contributed by atoms with E-state index in [1.54, 1.807) is 13.0 Å². The van der Waals surface area contributed by atoms with Crippen molar-refractivity contribution >= 4 is 34.6 Å². The first-order valence-corrected chi connectivity index (χ1v) is 9.63. The zero-order chi connectivity index (χ0) is 18.5. The molecule has 0 heterocycles. The molecule has 0 radical (unpaired) electrons. The minimum absolute atomic E-state index is 0.0385. The van der Waals surface area contributed by atoms with E-state index in [0.29, 0.717) is 29.0 Å². The number of aryl methyl sites for hydroxylation is 1. The molecule has 0 aromatic heterocycles. The Bertz CT molecular complexity index is 757. The summed E-state index contributed by atoms with van der Waals surface area (Å²) in [6.07, 6.45) is 6.84. The lowest BCUT2D eigenvalue weighted by molar-refractivity contribution is -0.384.